The van der Waals surface area contributed by atoms with Gasteiger partial charge in [-0.15, -0.1) is 0 Å². The van der Waals surface area contributed by atoms with Crippen LogP contribution in [-0.4, -0.2) is 50.1 Å². The maximum absolute atomic E-state index is 12.3. The van der Waals surface area contributed by atoms with Crippen molar-refractivity contribution in [3.63, 3.8) is 0 Å². The van der Waals surface area contributed by atoms with E-state index in [9.17, 15) is 30.0 Å². The molecule has 0 aliphatic carbocycles. The highest BCUT2D eigenvalue weighted by Gasteiger charge is 2.28. The summed E-state index contributed by atoms with van der Waals surface area (Å²) in [6, 6.07) is 11.8. The lowest BCUT2D eigenvalue weighted by molar-refractivity contribution is -0.138. The van der Waals surface area contributed by atoms with Crippen LogP contribution in [-0.2, 0) is 11.4 Å². The predicted octanol–water partition coefficient (Wildman–Crippen LogP) is 7.12. The first-order chi connectivity index (χ1) is 21.6. The second-order valence-corrected chi connectivity index (χ2v) is 11.2. The molecule has 240 valence electrons. The van der Waals surface area contributed by atoms with Crippen LogP contribution in [0.5, 0.6) is 34.5 Å². The van der Waals surface area contributed by atoms with E-state index in [-0.39, 0.29) is 52.5 Å². The van der Waals surface area contributed by atoms with Crippen LogP contribution >= 0.6 is 0 Å². The molecular formula is C35H41NO9. The van der Waals surface area contributed by atoms with Crippen LogP contribution in [0.25, 0.3) is 21.5 Å². The molecule has 10 nitrogen and oxygen atoms in total. The van der Waals surface area contributed by atoms with Gasteiger partial charge in [-0.05, 0) is 31.0 Å². The summed E-state index contributed by atoms with van der Waals surface area (Å²) in [5, 5.41) is 56.9. The van der Waals surface area contributed by atoms with E-state index in [1.54, 1.807) is 36.4 Å². The summed E-state index contributed by atoms with van der Waals surface area (Å²) < 4.78 is 11.9. The fourth-order valence-corrected chi connectivity index (χ4v) is 5.24. The first kappa shape index (κ1) is 33.0. The van der Waals surface area contributed by atoms with E-state index in [1.807, 2.05) is 0 Å². The number of ether oxygens (including phenoxy) is 2. The largest absolute Gasteiger partial charge is 0.506 e. The van der Waals surface area contributed by atoms with Crippen molar-refractivity contribution in [3.05, 3.63) is 59.7 Å². The minimum absolute atomic E-state index is 0.00985. The summed E-state index contributed by atoms with van der Waals surface area (Å²) in [4.78, 5) is 23.4. The van der Waals surface area contributed by atoms with E-state index in [4.69, 9.17) is 14.6 Å². The van der Waals surface area contributed by atoms with Gasteiger partial charge in [-0.1, -0.05) is 88.3 Å². The number of phenolic OH excluding ortho intramolecular Hbond substituents is 4. The second-order valence-electron chi connectivity index (χ2n) is 11.2. The highest BCUT2D eigenvalue weighted by molar-refractivity contribution is 6.16. The third kappa shape index (κ3) is 7.63. The normalized spacial score (nSPS) is 11.9. The topological polar surface area (TPSA) is 166 Å². The monoisotopic (exact) mass is 619 g/mol. The van der Waals surface area contributed by atoms with Crippen LogP contribution in [0.3, 0.4) is 0 Å². The zero-order valence-electron chi connectivity index (χ0n) is 25.6. The van der Waals surface area contributed by atoms with Crippen LogP contribution in [0.4, 0.5) is 0 Å². The Bertz CT molecular complexity index is 1650. The standard InChI is InChI=1S/C35H41NO9/c1-3-4-5-6-7-8-9-12-19-44-32-26-27(29(38)25-14-11-10-13-24(25)28(26)37)33(31(40)30(32)39)45-20-22-15-17-23(18-16-22)34(41)36-21(2)35(42)43/h10-11,13-18,21,37-40H,3-9,12,19-20H2,1-2H3,(H,36,41)(H,42,43)/t21-/m0/s1. The average molecular weight is 620 g/mol. The maximum Gasteiger partial charge on any atom is 0.325 e. The maximum atomic E-state index is 12.3. The summed E-state index contributed by atoms with van der Waals surface area (Å²) in [5.41, 5.74) is 0.814. The van der Waals surface area contributed by atoms with Gasteiger partial charge in [-0.2, -0.15) is 0 Å². The molecule has 45 heavy (non-hydrogen) atoms. The van der Waals surface area contributed by atoms with Crippen molar-refractivity contribution in [2.24, 2.45) is 0 Å². The molecule has 0 unspecified atom stereocenters. The van der Waals surface area contributed by atoms with E-state index in [0.29, 0.717) is 22.8 Å². The smallest absolute Gasteiger partial charge is 0.325 e. The van der Waals surface area contributed by atoms with Crippen LogP contribution in [0, 0.1) is 0 Å². The third-order valence-corrected chi connectivity index (χ3v) is 7.83. The Kier molecular flexibility index (Phi) is 11.2. The van der Waals surface area contributed by atoms with Gasteiger partial charge in [-0.3, -0.25) is 9.59 Å². The molecule has 0 bridgehead atoms. The van der Waals surface area contributed by atoms with E-state index < -0.39 is 29.4 Å². The molecule has 1 atom stereocenters. The first-order valence-corrected chi connectivity index (χ1v) is 15.4. The SMILES string of the molecule is CCCCCCCCCCOc1c(O)c(O)c(OCc2ccc(C(=O)N[C@@H](C)C(=O)O)cc2)c2c(O)c3ccccc3c(O)c12. The number of aliphatic carboxylic acids is 1. The van der Waals surface area contributed by atoms with Crippen LogP contribution < -0.4 is 14.8 Å². The Hall–Kier alpha value is -4.86. The van der Waals surface area contributed by atoms with Gasteiger partial charge < -0.3 is 40.3 Å². The van der Waals surface area contributed by atoms with Crippen molar-refractivity contribution in [3.8, 4) is 34.5 Å². The number of amides is 1. The van der Waals surface area contributed by atoms with Crippen LogP contribution in [0.15, 0.2) is 48.5 Å². The fraction of sp³-hybridized carbons (Fsp3) is 0.371. The first-order valence-electron chi connectivity index (χ1n) is 15.4. The number of nitrogens with one attached hydrogen (secondary N) is 1. The molecule has 0 fully saturated rings. The van der Waals surface area contributed by atoms with E-state index in [1.165, 1.54) is 44.7 Å². The minimum Gasteiger partial charge on any atom is -0.506 e. The molecule has 0 aliphatic rings. The number of hydrogen-bond donors (Lipinski definition) is 6. The molecule has 0 aromatic heterocycles. The zero-order chi connectivity index (χ0) is 32.5. The highest BCUT2D eigenvalue weighted by atomic mass is 16.5. The van der Waals surface area contributed by atoms with Crippen LogP contribution in [0.2, 0.25) is 0 Å². The Morgan fingerprint density at radius 3 is 1.76 bits per heavy atom. The van der Waals surface area contributed by atoms with Gasteiger partial charge in [0.1, 0.15) is 24.1 Å². The van der Waals surface area contributed by atoms with E-state index in [0.717, 1.165) is 19.3 Å². The van der Waals surface area contributed by atoms with Crippen molar-refractivity contribution in [1.82, 2.24) is 5.32 Å². The summed E-state index contributed by atoms with van der Waals surface area (Å²) in [7, 11) is 0. The molecular weight excluding hydrogens is 578 g/mol. The lowest BCUT2D eigenvalue weighted by atomic mass is 9.98. The van der Waals surface area contributed by atoms with E-state index in [2.05, 4.69) is 12.2 Å². The Balaban J connectivity index is 1.60. The summed E-state index contributed by atoms with van der Waals surface area (Å²) in [5.74, 6) is -3.90. The molecule has 0 radical (unpaired) electrons. The number of phenols is 4. The minimum atomic E-state index is -1.16. The van der Waals surface area contributed by atoms with Crippen molar-refractivity contribution in [1.29, 1.82) is 0 Å². The number of unbranched alkanes of at least 4 members (excludes halogenated alkanes) is 7. The molecule has 6 N–H and O–H groups in total. The Labute approximate surface area is 261 Å². The van der Waals surface area contributed by atoms with Crippen molar-refractivity contribution in [2.75, 3.05) is 6.61 Å². The van der Waals surface area contributed by atoms with Crippen LogP contribution in [0.1, 0.15) is 81.1 Å². The van der Waals surface area contributed by atoms with E-state index >= 15 is 0 Å². The fourth-order valence-electron chi connectivity index (χ4n) is 5.24. The average Bonchev–Trinajstić information content (AvgIpc) is 3.04. The number of carbonyl (C=O) groups excluding carboxylic acids is 1. The molecule has 10 heteroatoms. The zero-order valence-corrected chi connectivity index (χ0v) is 25.6. The van der Waals surface area contributed by atoms with Gasteiger partial charge in [-0.25, -0.2) is 0 Å². The lowest BCUT2D eigenvalue weighted by Gasteiger charge is -2.20. The predicted molar refractivity (Wildman–Crippen MR) is 172 cm³/mol. The number of hydrogen-bond acceptors (Lipinski definition) is 8. The number of aromatic hydroxyl groups is 4. The van der Waals surface area contributed by atoms with Gasteiger partial charge in [0.25, 0.3) is 5.91 Å². The van der Waals surface area contributed by atoms with Gasteiger partial charge in [0.15, 0.2) is 11.5 Å². The third-order valence-electron chi connectivity index (χ3n) is 7.83. The molecule has 1 amide bonds. The van der Waals surface area contributed by atoms with Crippen molar-refractivity contribution in [2.45, 2.75) is 77.9 Å². The number of carboxylic acid groups (broad SMARTS) is 1. The number of rotatable bonds is 16. The molecule has 0 aliphatic heterocycles. The lowest BCUT2D eigenvalue weighted by Crippen LogP contribution is -2.38. The molecule has 4 aromatic rings. The Morgan fingerprint density at radius 2 is 1.22 bits per heavy atom. The Morgan fingerprint density at radius 1 is 0.711 bits per heavy atom. The second kappa shape index (κ2) is 15.2. The molecule has 4 aromatic carbocycles. The van der Waals surface area contributed by atoms with Gasteiger partial charge in [0, 0.05) is 16.3 Å². The number of benzene rings is 4. The number of carbonyl (C=O) groups is 2. The van der Waals surface area contributed by atoms with Crippen molar-refractivity contribution >= 4 is 33.4 Å². The molecule has 0 saturated heterocycles. The highest BCUT2D eigenvalue weighted by Crippen LogP contribution is 2.57. The summed E-state index contributed by atoms with van der Waals surface area (Å²) in [6.45, 7) is 3.64. The molecule has 4 rings (SSSR count). The molecule has 0 heterocycles. The molecule has 0 spiro atoms. The summed E-state index contributed by atoms with van der Waals surface area (Å²) >= 11 is 0. The number of fused-ring (bicyclic) bond motifs is 2. The quantitative estimate of drug-likeness (QED) is 0.0331. The molecule has 0 saturated carbocycles. The van der Waals surface area contributed by atoms with Gasteiger partial charge in [0.2, 0.25) is 11.5 Å². The van der Waals surface area contributed by atoms with Gasteiger partial charge >= 0.3 is 5.97 Å². The van der Waals surface area contributed by atoms with Crippen molar-refractivity contribution < 1.29 is 44.6 Å². The summed E-state index contributed by atoms with van der Waals surface area (Å²) in [6.07, 6.45) is 8.70. The number of carboxylic acids is 1. The van der Waals surface area contributed by atoms with Gasteiger partial charge in [0.05, 0.1) is 17.4 Å².